The molecular weight excluding hydrogens is 251 g/mol. The van der Waals surface area contributed by atoms with Crippen molar-refractivity contribution in [3.8, 4) is 5.75 Å². The van der Waals surface area contributed by atoms with Crippen LogP contribution in [-0.4, -0.2) is 24.0 Å². The maximum Gasteiger partial charge on any atom is 0.422 e. The molecule has 0 aromatic heterocycles. The van der Waals surface area contributed by atoms with E-state index in [9.17, 15) is 23.1 Å². The zero-order valence-corrected chi connectivity index (χ0v) is 9.76. The van der Waals surface area contributed by atoms with Crippen LogP contribution in [0, 0.1) is 13.8 Å². The van der Waals surface area contributed by atoms with Gasteiger partial charge >= 0.3 is 12.3 Å². The van der Waals surface area contributed by atoms with E-state index in [1.54, 1.807) is 6.92 Å². The van der Waals surface area contributed by atoms with Gasteiger partial charge in [-0.05, 0) is 25.5 Å². The maximum atomic E-state index is 11.8. The van der Waals surface area contributed by atoms with Crippen LogP contribution in [0.5, 0.6) is 5.75 Å². The van der Waals surface area contributed by atoms with E-state index < -0.39 is 18.9 Å². The van der Waals surface area contributed by atoms with Gasteiger partial charge in [0.1, 0.15) is 5.75 Å². The van der Waals surface area contributed by atoms with Gasteiger partial charge in [-0.15, -0.1) is 0 Å². The second-order valence-corrected chi connectivity index (χ2v) is 3.72. The van der Waals surface area contributed by atoms with Gasteiger partial charge < -0.3 is 9.84 Å². The summed E-state index contributed by atoms with van der Waals surface area (Å²) in [5.74, 6) is -0.0244. The number of rotatable bonds is 2. The Kier molecular flexibility index (Phi) is 4.05. The molecule has 0 heterocycles. The number of nitrogens with one attached hydrogen (secondary N) is 1. The number of carbonyl (C=O) groups excluding carboxylic acids is 1. The number of anilines is 1. The molecule has 100 valence electrons. The lowest BCUT2D eigenvalue weighted by molar-refractivity contribution is -0.159. The van der Waals surface area contributed by atoms with E-state index in [1.807, 2.05) is 0 Å². The second-order valence-electron chi connectivity index (χ2n) is 3.72. The molecule has 0 aliphatic heterocycles. The zero-order chi connectivity index (χ0) is 13.9. The number of hydrogen-bond donors (Lipinski definition) is 2. The highest BCUT2D eigenvalue weighted by Gasteiger charge is 2.29. The summed E-state index contributed by atoms with van der Waals surface area (Å²) in [5, 5.41) is 11.7. The van der Waals surface area contributed by atoms with Crippen LogP contribution in [0.4, 0.5) is 23.7 Å². The number of phenols is 1. The summed E-state index contributed by atoms with van der Waals surface area (Å²) in [6.45, 7) is 1.53. The van der Waals surface area contributed by atoms with E-state index in [2.05, 4.69) is 10.1 Å². The highest BCUT2D eigenvalue weighted by molar-refractivity contribution is 5.86. The first-order chi connectivity index (χ1) is 8.20. The third-order valence-electron chi connectivity index (χ3n) is 2.24. The Morgan fingerprint density at radius 1 is 1.39 bits per heavy atom. The minimum Gasteiger partial charge on any atom is -0.507 e. The van der Waals surface area contributed by atoms with Crippen LogP contribution >= 0.6 is 0 Å². The minimum atomic E-state index is -4.57. The predicted molar refractivity (Wildman–Crippen MR) is 58.6 cm³/mol. The summed E-state index contributed by atoms with van der Waals surface area (Å²) in [7, 11) is 0. The van der Waals surface area contributed by atoms with Crippen molar-refractivity contribution in [2.75, 3.05) is 11.9 Å². The molecule has 0 saturated carbocycles. The van der Waals surface area contributed by atoms with E-state index in [1.165, 1.54) is 19.1 Å². The van der Waals surface area contributed by atoms with Crippen molar-refractivity contribution < 1.29 is 27.8 Å². The van der Waals surface area contributed by atoms with Crippen LogP contribution < -0.4 is 5.32 Å². The van der Waals surface area contributed by atoms with E-state index in [0.29, 0.717) is 11.1 Å². The number of carbonyl (C=O) groups is 1. The van der Waals surface area contributed by atoms with Gasteiger partial charge in [0.25, 0.3) is 0 Å². The molecule has 7 heteroatoms. The van der Waals surface area contributed by atoms with Crippen LogP contribution in [0.25, 0.3) is 0 Å². The summed E-state index contributed by atoms with van der Waals surface area (Å²) >= 11 is 0. The standard InChI is InChI=1S/C11H12F3NO3/c1-6-3-4-8(7(2)9(6)16)15-10(17)18-5-11(12,13)14/h3-4,16H,5H2,1-2H3,(H,15,17). The molecule has 0 spiro atoms. The molecule has 0 bridgehead atoms. The highest BCUT2D eigenvalue weighted by Crippen LogP contribution is 2.28. The Hall–Kier alpha value is -1.92. The molecule has 0 aliphatic carbocycles. The van der Waals surface area contributed by atoms with Crippen LogP contribution in [0.15, 0.2) is 12.1 Å². The number of amides is 1. The van der Waals surface area contributed by atoms with Gasteiger partial charge in [-0.1, -0.05) is 6.07 Å². The third kappa shape index (κ3) is 3.83. The van der Waals surface area contributed by atoms with Crippen LogP contribution in [-0.2, 0) is 4.74 Å². The summed E-state index contributed by atoms with van der Waals surface area (Å²) in [6.07, 6.45) is -5.79. The topological polar surface area (TPSA) is 58.6 Å². The molecule has 18 heavy (non-hydrogen) atoms. The van der Waals surface area contributed by atoms with Gasteiger partial charge in [0.15, 0.2) is 6.61 Å². The number of aryl methyl sites for hydroxylation is 1. The van der Waals surface area contributed by atoms with Gasteiger partial charge in [-0.3, -0.25) is 5.32 Å². The van der Waals surface area contributed by atoms with Gasteiger partial charge in [0.2, 0.25) is 0 Å². The average molecular weight is 263 g/mol. The predicted octanol–water partition coefficient (Wildman–Crippen LogP) is 3.12. The number of phenolic OH excluding ortho intramolecular Hbond substituents is 1. The monoisotopic (exact) mass is 263 g/mol. The van der Waals surface area contributed by atoms with Crippen molar-refractivity contribution in [1.82, 2.24) is 0 Å². The summed E-state index contributed by atoms with van der Waals surface area (Å²) in [5.41, 5.74) is 1.16. The quantitative estimate of drug-likeness (QED) is 0.861. The molecular formula is C11H12F3NO3. The molecule has 1 aromatic rings. The Balaban J connectivity index is 2.68. The molecule has 0 aliphatic rings. The molecule has 1 aromatic carbocycles. The Morgan fingerprint density at radius 3 is 2.56 bits per heavy atom. The molecule has 1 rings (SSSR count). The molecule has 1 amide bonds. The fraction of sp³-hybridized carbons (Fsp3) is 0.364. The lowest BCUT2D eigenvalue weighted by Gasteiger charge is -2.12. The van der Waals surface area contributed by atoms with Gasteiger partial charge in [0.05, 0.1) is 5.69 Å². The van der Waals surface area contributed by atoms with Crippen molar-refractivity contribution >= 4 is 11.8 Å². The number of hydrogen-bond acceptors (Lipinski definition) is 3. The lowest BCUT2D eigenvalue weighted by atomic mass is 10.1. The van der Waals surface area contributed by atoms with E-state index in [-0.39, 0.29) is 11.4 Å². The zero-order valence-electron chi connectivity index (χ0n) is 9.76. The molecule has 0 atom stereocenters. The summed E-state index contributed by atoms with van der Waals surface area (Å²) in [6, 6.07) is 3.00. The number of ether oxygens (including phenoxy) is 1. The Morgan fingerprint density at radius 2 is 2.00 bits per heavy atom. The SMILES string of the molecule is Cc1ccc(NC(=O)OCC(F)(F)F)c(C)c1O. The van der Waals surface area contributed by atoms with Gasteiger partial charge in [-0.2, -0.15) is 13.2 Å². The smallest absolute Gasteiger partial charge is 0.422 e. The average Bonchev–Trinajstić information content (AvgIpc) is 2.26. The second kappa shape index (κ2) is 5.16. The Labute approximate surface area is 101 Å². The summed E-state index contributed by atoms with van der Waals surface area (Å²) < 4.78 is 39.4. The number of alkyl halides is 3. The van der Waals surface area contributed by atoms with Crippen LogP contribution in [0.1, 0.15) is 11.1 Å². The minimum absolute atomic E-state index is 0.0244. The van der Waals surface area contributed by atoms with Crippen molar-refractivity contribution in [1.29, 1.82) is 0 Å². The Bertz CT molecular complexity index is 458. The first-order valence-electron chi connectivity index (χ1n) is 5.00. The molecule has 2 N–H and O–H groups in total. The van der Waals surface area contributed by atoms with Crippen LogP contribution in [0.2, 0.25) is 0 Å². The molecule has 4 nitrogen and oxygen atoms in total. The van der Waals surface area contributed by atoms with Gasteiger partial charge in [-0.25, -0.2) is 4.79 Å². The van der Waals surface area contributed by atoms with Crippen molar-refractivity contribution in [3.63, 3.8) is 0 Å². The highest BCUT2D eigenvalue weighted by atomic mass is 19.4. The number of halogens is 3. The first kappa shape index (κ1) is 14.1. The fourth-order valence-electron chi connectivity index (χ4n) is 1.26. The van der Waals surface area contributed by atoms with Crippen molar-refractivity contribution in [3.05, 3.63) is 23.3 Å². The molecule has 0 saturated heterocycles. The van der Waals surface area contributed by atoms with Crippen molar-refractivity contribution in [2.45, 2.75) is 20.0 Å². The lowest BCUT2D eigenvalue weighted by Crippen LogP contribution is -2.23. The number of aromatic hydroxyl groups is 1. The molecule has 0 unspecified atom stereocenters. The van der Waals surface area contributed by atoms with Crippen LogP contribution in [0.3, 0.4) is 0 Å². The molecule has 0 radical (unpaired) electrons. The third-order valence-corrected chi connectivity index (χ3v) is 2.24. The molecule has 0 fully saturated rings. The van der Waals surface area contributed by atoms with E-state index >= 15 is 0 Å². The summed E-state index contributed by atoms with van der Waals surface area (Å²) in [4.78, 5) is 11.1. The van der Waals surface area contributed by atoms with Crippen molar-refractivity contribution in [2.24, 2.45) is 0 Å². The largest absolute Gasteiger partial charge is 0.507 e. The fourth-order valence-corrected chi connectivity index (χ4v) is 1.26. The first-order valence-corrected chi connectivity index (χ1v) is 5.00. The van der Waals surface area contributed by atoms with Gasteiger partial charge in [0, 0.05) is 5.56 Å². The number of benzene rings is 1. The normalized spacial score (nSPS) is 11.2. The van der Waals surface area contributed by atoms with E-state index in [4.69, 9.17) is 0 Å². The maximum absolute atomic E-state index is 11.8. The van der Waals surface area contributed by atoms with E-state index in [0.717, 1.165) is 0 Å².